The molecule has 0 saturated carbocycles. The predicted molar refractivity (Wildman–Crippen MR) is 68.1 cm³/mol. The van der Waals surface area contributed by atoms with Crippen LogP contribution < -0.4 is 11.1 Å². The van der Waals surface area contributed by atoms with E-state index in [1.54, 1.807) is 6.20 Å². The number of nitrogens with two attached hydrogens (primary N) is 1. The van der Waals surface area contributed by atoms with Crippen molar-refractivity contribution >= 4 is 5.82 Å². The highest BCUT2D eigenvalue weighted by Crippen LogP contribution is 2.01. The summed E-state index contributed by atoms with van der Waals surface area (Å²) in [6.45, 7) is 9.55. The molecule has 0 amide bonds. The number of aromatic nitrogens is 1. The van der Waals surface area contributed by atoms with Crippen LogP contribution in [0.2, 0.25) is 0 Å². The van der Waals surface area contributed by atoms with E-state index in [9.17, 15) is 0 Å². The maximum Gasteiger partial charge on any atom is 0.123 e. The number of rotatable bonds is 7. The number of anilines is 1. The highest BCUT2D eigenvalue weighted by atomic mass is 15.1. The van der Waals surface area contributed by atoms with Crippen LogP contribution >= 0.6 is 0 Å². The molecule has 3 N–H and O–H groups in total. The minimum Gasteiger partial charge on any atom is -0.384 e. The van der Waals surface area contributed by atoms with Gasteiger partial charge < -0.3 is 16.0 Å². The molecule has 4 heteroatoms. The van der Waals surface area contributed by atoms with Gasteiger partial charge in [-0.3, -0.25) is 0 Å². The SMILES string of the molecule is CCN(CC)CCNCc1ccnc(N)c1. The van der Waals surface area contributed by atoms with E-state index in [1.165, 1.54) is 5.56 Å². The van der Waals surface area contributed by atoms with Gasteiger partial charge in [0, 0.05) is 25.8 Å². The monoisotopic (exact) mass is 222 g/mol. The van der Waals surface area contributed by atoms with Crippen LogP contribution in [0.15, 0.2) is 18.3 Å². The zero-order valence-corrected chi connectivity index (χ0v) is 10.2. The van der Waals surface area contributed by atoms with E-state index in [2.05, 4.69) is 29.0 Å². The highest BCUT2D eigenvalue weighted by molar-refractivity contribution is 5.31. The van der Waals surface area contributed by atoms with Crippen molar-refractivity contribution in [1.29, 1.82) is 0 Å². The summed E-state index contributed by atoms with van der Waals surface area (Å²) in [6.07, 6.45) is 1.75. The number of nitrogen functional groups attached to an aromatic ring is 1. The molecule has 16 heavy (non-hydrogen) atoms. The summed E-state index contributed by atoms with van der Waals surface area (Å²) in [5.74, 6) is 0.586. The summed E-state index contributed by atoms with van der Waals surface area (Å²) >= 11 is 0. The number of likely N-dealkylation sites (N-methyl/N-ethyl adjacent to an activating group) is 1. The lowest BCUT2D eigenvalue weighted by Crippen LogP contribution is -2.31. The second kappa shape index (κ2) is 7.19. The fourth-order valence-electron chi connectivity index (χ4n) is 1.61. The molecule has 4 nitrogen and oxygen atoms in total. The van der Waals surface area contributed by atoms with Gasteiger partial charge in [0.25, 0.3) is 0 Å². The third kappa shape index (κ3) is 4.59. The van der Waals surface area contributed by atoms with E-state index in [0.717, 1.165) is 32.7 Å². The molecule has 0 saturated heterocycles. The molecule has 0 aliphatic rings. The topological polar surface area (TPSA) is 54.2 Å². The molecule has 0 spiro atoms. The summed E-state index contributed by atoms with van der Waals surface area (Å²) in [7, 11) is 0. The van der Waals surface area contributed by atoms with Crippen molar-refractivity contribution in [2.75, 3.05) is 31.9 Å². The minimum absolute atomic E-state index is 0.586. The molecule has 1 heterocycles. The molecule has 0 fully saturated rings. The maximum absolute atomic E-state index is 5.61. The van der Waals surface area contributed by atoms with Gasteiger partial charge in [0.2, 0.25) is 0 Å². The van der Waals surface area contributed by atoms with Crippen molar-refractivity contribution in [3.8, 4) is 0 Å². The molecule has 0 atom stereocenters. The first kappa shape index (κ1) is 12.9. The fourth-order valence-corrected chi connectivity index (χ4v) is 1.61. The Balaban J connectivity index is 2.20. The van der Waals surface area contributed by atoms with Gasteiger partial charge in [-0.25, -0.2) is 4.98 Å². The largest absolute Gasteiger partial charge is 0.384 e. The normalized spacial score (nSPS) is 10.9. The Bertz CT molecular complexity index is 297. The second-order valence-electron chi connectivity index (χ2n) is 3.79. The smallest absolute Gasteiger partial charge is 0.123 e. The van der Waals surface area contributed by atoms with Crippen molar-refractivity contribution in [1.82, 2.24) is 15.2 Å². The van der Waals surface area contributed by atoms with Gasteiger partial charge in [-0.2, -0.15) is 0 Å². The third-order valence-corrected chi connectivity index (χ3v) is 2.67. The number of nitrogens with zero attached hydrogens (tertiary/aromatic N) is 2. The molecule has 0 aliphatic carbocycles. The first-order chi connectivity index (χ1) is 7.76. The van der Waals surface area contributed by atoms with Crippen molar-refractivity contribution in [3.63, 3.8) is 0 Å². The molecule has 1 aromatic heterocycles. The van der Waals surface area contributed by atoms with Crippen LogP contribution in [-0.4, -0.2) is 36.1 Å². The zero-order chi connectivity index (χ0) is 11.8. The highest BCUT2D eigenvalue weighted by Gasteiger charge is 1.98. The zero-order valence-electron chi connectivity index (χ0n) is 10.2. The molecule has 0 aromatic carbocycles. The summed E-state index contributed by atoms with van der Waals surface area (Å²) in [6, 6.07) is 3.89. The third-order valence-electron chi connectivity index (χ3n) is 2.67. The van der Waals surface area contributed by atoms with Crippen molar-refractivity contribution < 1.29 is 0 Å². The molecule has 90 valence electrons. The lowest BCUT2D eigenvalue weighted by molar-refractivity contribution is 0.302. The van der Waals surface area contributed by atoms with Crippen molar-refractivity contribution in [2.24, 2.45) is 0 Å². The lowest BCUT2D eigenvalue weighted by Gasteiger charge is -2.17. The molecule has 0 unspecified atom stereocenters. The van der Waals surface area contributed by atoms with Gasteiger partial charge in [-0.1, -0.05) is 13.8 Å². The number of nitrogens with one attached hydrogen (secondary N) is 1. The summed E-state index contributed by atoms with van der Waals surface area (Å²) in [5, 5.41) is 3.40. The Morgan fingerprint density at radius 1 is 1.38 bits per heavy atom. The van der Waals surface area contributed by atoms with Crippen LogP contribution in [0.3, 0.4) is 0 Å². The summed E-state index contributed by atoms with van der Waals surface area (Å²) in [4.78, 5) is 6.36. The Hall–Kier alpha value is -1.13. The van der Waals surface area contributed by atoms with Crippen LogP contribution in [0, 0.1) is 0 Å². The summed E-state index contributed by atoms with van der Waals surface area (Å²) < 4.78 is 0. The first-order valence-electron chi connectivity index (χ1n) is 5.89. The quantitative estimate of drug-likeness (QED) is 0.678. The predicted octanol–water partition coefficient (Wildman–Crippen LogP) is 1.10. The van der Waals surface area contributed by atoms with Crippen molar-refractivity contribution in [3.05, 3.63) is 23.9 Å². The van der Waals surface area contributed by atoms with Gasteiger partial charge >= 0.3 is 0 Å². The van der Waals surface area contributed by atoms with Gasteiger partial charge in [-0.05, 0) is 30.8 Å². The van der Waals surface area contributed by atoms with Crippen LogP contribution in [0.1, 0.15) is 19.4 Å². The fraction of sp³-hybridized carbons (Fsp3) is 0.583. The molecule has 0 radical (unpaired) electrons. The first-order valence-corrected chi connectivity index (χ1v) is 5.89. The van der Waals surface area contributed by atoms with E-state index in [1.807, 2.05) is 12.1 Å². The Morgan fingerprint density at radius 2 is 2.12 bits per heavy atom. The number of hydrogen-bond acceptors (Lipinski definition) is 4. The minimum atomic E-state index is 0.586. The average Bonchev–Trinajstić information content (AvgIpc) is 2.29. The van der Waals surface area contributed by atoms with Gasteiger partial charge in [-0.15, -0.1) is 0 Å². The van der Waals surface area contributed by atoms with E-state index in [-0.39, 0.29) is 0 Å². The number of hydrogen-bond donors (Lipinski definition) is 2. The Kier molecular flexibility index (Phi) is 5.82. The Morgan fingerprint density at radius 3 is 2.75 bits per heavy atom. The van der Waals surface area contributed by atoms with E-state index >= 15 is 0 Å². The second-order valence-corrected chi connectivity index (χ2v) is 3.79. The average molecular weight is 222 g/mol. The lowest BCUT2D eigenvalue weighted by atomic mass is 10.2. The van der Waals surface area contributed by atoms with E-state index < -0.39 is 0 Å². The molecule has 1 aromatic rings. The summed E-state index contributed by atoms with van der Waals surface area (Å²) in [5.41, 5.74) is 6.79. The van der Waals surface area contributed by atoms with Crippen LogP contribution in [0.25, 0.3) is 0 Å². The molecule has 0 bridgehead atoms. The van der Waals surface area contributed by atoms with Gasteiger partial charge in [0.05, 0.1) is 0 Å². The van der Waals surface area contributed by atoms with Gasteiger partial charge in [0.1, 0.15) is 5.82 Å². The van der Waals surface area contributed by atoms with Crippen molar-refractivity contribution in [2.45, 2.75) is 20.4 Å². The van der Waals surface area contributed by atoms with Gasteiger partial charge in [0.15, 0.2) is 0 Å². The van der Waals surface area contributed by atoms with Crippen LogP contribution in [-0.2, 0) is 6.54 Å². The standard InChI is InChI=1S/C12H22N4/c1-3-16(4-2)8-7-14-10-11-5-6-15-12(13)9-11/h5-6,9,14H,3-4,7-8,10H2,1-2H3,(H2,13,15). The van der Waals surface area contributed by atoms with E-state index in [4.69, 9.17) is 5.73 Å². The number of pyridine rings is 1. The molecule has 0 aliphatic heterocycles. The van der Waals surface area contributed by atoms with Crippen LogP contribution in [0.5, 0.6) is 0 Å². The molecule has 1 rings (SSSR count). The van der Waals surface area contributed by atoms with E-state index in [0.29, 0.717) is 5.82 Å². The molecular weight excluding hydrogens is 200 g/mol. The van der Waals surface area contributed by atoms with Crippen LogP contribution in [0.4, 0.5) is 5.82 Å². The maximum atomic E-state index is 5.61. The molecular formula is C12H22N4. The Labute approximate surface area is 97.9 Å².